The fourth-order valence-corrected chi connectivity index (χ4v) is 8.62. The molecular weight excluding hydrogens is 715 g/mol. The van der Waals surface area contributed by atoms with Crippen LogP contribution in [0, 0.1) is 30.6 Å². The van der Waals surface area contributed by atoms with Gasteiger partial charge in [0.15, 0.2) is 11.5 Å². The predicted molar refractivity (Wildman–Crippen MR) is 201 cm³/mol. The smallest absolute Gasteiger partial charge is 0.314 e. The Morgan fingerprint density at radius 2 is 1.04 bits per heavy atom. The Bertz CT molecular complexity index is 2070. The molecule has 2 aliphatic carbocycles. The van der Waals surface area contributed by atoms with Crippen molar-refractivity contribution in [2.45, 2.75) is 58.3 Å². The van der Waals surface area contributed by atoms with E-state index in [-0.39, 0.29) is 53.3 Å². The van der Waals surface area contributed by atoms with Crippen LogP contribution in [0.25, 0.3) is 20.1 Å². The molecular formula is C41H39NO9S2. The van der Waals surface area contributed by atoms with Gasteiger partial charge in [-0.15, -0.1) is 22.7 Å². The van der Waals surface area contributed by atoms with Crippen molar-refractivity contribution in [1.29, 1.82) is 0 Å². The van der Waals surface area contributed by atoms with Crippen LogP contribution in [0.2, 0.25) is 0 Å². The van der Waals surface area contributed by atoms with E-state index in [0.29, 0.717) is 84.6 Å². The first-order valence-electron chi connectivity index (χ1n) is 17.8. The summed E-state index contributed by atoms with van der Waals surface area (Å²) < 4.78 is 28.9. The summed E-state index contributed by atoms with van der Waals surface area (Å²) in [5.74, 6) is -0.403. The number of carbonyl (C=O) groups is 4. The zero-order valence-electron chi connectivity index (χ0n) is 29.4. The van der Waals surface area contributed by atoms with Gasteiger partial charge in [-0.2, -0.15) is 0 Å². The third-order valence-electron chi connectivity index (χ3n) is 9.93. The minimum Gasteiger partial charge on any atom is -0.497 e. The maximum atomic E-state index is 13.4. The first kappa shape index (κ1) is 36.3. The van der Waals surface area contributed by atoms with Crippen LogP contribution in [-0.4, -0.2) is 36.0 Å². The zero-order valence-corrected chi connectivity index (χ0v) is 31.0. The standard InChI is InChI=1S/C41H39NO9S2/c1-24-5-15-30(16-6-24)48-38(43)25-9-13-28(14-10-25)41(46)51-33-22-21-32(35-36(33)53-37(42-35)34-4-3-23-52-34)50-40(45)27-11-7-26(8-12-27)39(44)49-31-19-17-29(47-2)18-20-31/h3-6,15-23,25-28H,7-14H2,1-2H3. The molecule has 12 heteroatoms. The van der Waals surface area contributed by atoms with Gasteiger partial charge in [-0.3, -0.25) is 19.2 Å². The molecule has 2 heterocycles. The van der Waals surface area contributed by atoms with E-state index >= 15 is 0 Å². The highest BCUT2D eigenvalue weighted by Gasteiger charge is 2.34. The number of thiazole rings is 1. The van der Waals surface area contributed by atoms with E-state index in [0.717, 1.165) is 15.4 Å². The van der Waals surface area contributed by atoms with Crippen LogP contribution in [-0.2, 0) is 19.2 Å². The van der Waals surface area contributed by atoms with E-state index in [1.54, 1.807) is 55.6 Å². The molecule has 2 saturated carbocycles. The highest BCUT2D eigenvalue weighted by atomic mass is 32.1. The number of fused-ring (bicyclic) bond motifs is 1. The highest BCUT2D eigenvalue weighted by molar-refractivity contribution is 7.25. The van der Waals surface area contributed by atoms with Crippen LogP contribution < -0.4 is 23.7 Å². The SMILES string of the molecule is COc1ccc(OC(=O)C2CCC(C(=O)Oc3ccc(OC(=O)C4CCC(C(=O)Oc5ccc(C)cc5)CC4)c4sc(-c5cccs5)nc34)CC2)cc1. The maximum Gasteiger partial charge on any atom is 0.314 e. The Morgan fingerprint density at radius 1 is 0.585 bits per heavy atom. The van der Waals surface area contributed by atoms with Crippen molar-refractivity contribution in [3.05, 3.63) is 83.7 Å². The molecule has 0 amide bonds. The number of esters is 4. The van der Waals surface area contributed by atoms with Crippen molar-refractivity contribution < 1.29 is 42.9 Å². The van der Waals surface area contributed by atoms with Crippen molar-refractivity contribution in [3.63, 3.8) is 0 Å². The van der Waals surface area contributed by atoms with Gasteiger partial charge in [0.2, 0.25) is 0 Å². The number of rotatable bonds is 10. The van der Waals surface area contributed by atoms with Gasteiger partial charge >= 0.3 is 23.9 Å². The third-order valence-corrected chi connectivity index (χ3v) is 12.0. The zero-order chi connectivity index (χ0) is 36.9. The van der Waals surface area contributed by atoms with Gasteiger partial charge < -0.3 is 23.7 Å². The fraction of sp³-hybridized carbons (Fsp3) is 0.341. The number of hydrogen-bond acceptors (Lipinski definition) is 12. The average Bonchev–Trinajstić information content (AvgIpc) is 3.89. The second-order valence-electron chi connectivity index (χ2n) is 13.5. The molecule has 0 radical (unpaired) electrons. The number of thiophene rings is 1. The lowest BCUT2D eigenvalue weighted by Gasteiger charge is -2.26. The van der Waals surface area contributed by atoms with E-state index in [1.165, 1.54) is 22.7 Å². The topological polar surface area (TPSA) is 127 Å². The number of hydrogen-bond donors (Lipinski definition) is 0. The van der Waals surface area contributed by atoms with Crippen molar-refractivity contribution in [3.8, 4) is 38.6 Å². The van der Waals surface area contributed by atoms with Crippen molar-refractivity contribution in [2.75, 3.05) is 7.11 Å². The molecule has 3 aromatic carbocycles. The number of nitrogens with zero attached hydrogens (tertiary/aromatic N) is 1. The summed E-state index contributed by atoms with van der Waals surface area (Å²) in [6.07, 6.45) is 4.08. The number of aryl methyl sites for hydroxylation is 1. The summed E-state index contributed by atoms with van der Waals surface area (Å²) in [5, 5.41) is 2.68. The van der Waals surface area contributed by atoms with Gasteiger partial charge in [-0.05, 0) is 118 Å². The molecule has 274 valence electrons. The molecule has 0 spiro atoms. The Labute approximate surface area is 315 Å². The van der Waals surface area contributed by atoms with Gasteiger partial charge in [0.05, 0.1) is 35.7 Å². The van der Waals surface area contributed by atoms with E-state index in [4.69, 9.17) is 28.7 Å². The average molecular weight is 754 g/mol. The van der Waals surface area contributed by atoms with Crippen LogP contribution >= 0.6 is 22.7 Å². The summed E-state index contributed by atoms with van der Waals surface area (Å²) in [5.41, 5.74) is 1.52. The van der Waals surface area contributed by atoms with Gasteiger partial charge in [0.1, 0.15) is 32.5 Å². The first-order chi connectivity index (χ1) is 25.7. The lowest BCUT2D eigenvalue weighted by atomic mass is 9.82. The second kappa shape index (κ2) is 16.3. The van der Waals surface area contributed by atoms with Crippen LogP contribution in [0.4, 0.5) is 0 Å². The fourth-order valence-electron chi connectivity index (χ4n) is 6.79. The molecule has 0 unspecified atom stereocenters. The molecule has 0 aliphatic heterocycles. The van der Waals surface area contributed by atoms with Gasteiger partial charge in [-0.25, -0.2) is 4.98 Å². The van der Waals surface area contributed by atoms with Gasteiger partial charge in [0, 0.05) is 0 Å². The molecule has 2 aromatic heterocycles. The number of carbonyl (C=O) groups excluding carboxylic acids is 4. The molecule has 2 fully saturated rings. The number of methoxy groups -OCH3 is 1. The van der Waals surface area contributed by atoms with E-state index < -0.39 is 0 Å². The third kappa shape index (κ3) is 8.60. The molecule has 0 atom stereocenters. The lowest BCUT2D eigenvalue weighted by molar-refractivity contribution is -0.145. The Kier molecular flexibility index (Phi) is 11.2. The monoisotopic (exact) mass is 753 g/mol. The number of ether oxygens (including phenoxy) is 5. The first-order valence-corrected chi connectivity index (χ1v) is 19.5. The van der Waals surface area contributed by atoms with Crippen LogP contribution in [0.3, 0.4) is 0 Å². The maximum absolute atomic E-state index is 13.4. The largest absolute Gasteiger partial charge is 0.497 e. The Balaban J connectivity index is 0.979. The molecule has 7 rings (SSSR count). The van der Waals surface area contributed by atoms with Crippen molar-refractivity contribution in [1.82, 2.24) is 4.98 Å². The van der Waals surface area contributed by atoms with Crippen molar-refractivity contribution >= 4 is 56.8 Å². The number of aromatic nitrogens is 1. The van der Waals surface area contributed by atoms with Crippen LogP contribution in [0.1, 0.15) is 56.9 Å². The second-order valence-corrected chi connectivity index (χ2v) is 15.5. The predicted octanol–water partition coefficient (Wildman–Crippen LogP) is 8.98. The summed E-state index contributed by atoms with van der Waals surface area (Å²) in [6.45, 7) is 1.97. The molecule has 0 saturated heterocycles. The molecule has 53 heavy (non-hydrogen) atoms. The summed E-state index contributed by atoms with van der Waals surface area (Å²) in [7, 11) is 1.57. The Hall–Kier alpha value is -5.07. The van der Waals surface area contributed by atoms with Crippen LogP contribution in [0.5, 0.6) is 28.7 Å². The summed E-state index contributed by atoms with van der Waals surface area (Å²) in [6, 6.07) is 21.4. The molecule has 0 N–H and O–H groups in total. The summed E-state index contributed by atoms with van der Waals surface area (Å²) in [4.78, 5) is 58.3. The molecule has 0 bridgehead atoms. The van der Waals surface area contributed by atoms with E-state index in [2.05, 4.69) is 0 Å². The normalized spacial score (nSPS) is 20.0. The summed E-state index contributed by atoms with van der Waals surface area (Å²) >= 11 is 2.91. The highest BCUT2D eigenvalue weighted by Crippen LogP contribution is 2.43. The van der Waals surface area contributed by atoms with E-state index in [1.807, 2.05) is 36.6 Å². The number of benzene rings is 3. The lowest BCUT2D eigenvalue weighted by Crippen LogP contribution is -2.30. The minimum atomic E-state index is -0.388. The van der Waals surface area contributed by atoms with Crippen LogP contribution in [0.15, 0.2) is 78.2 Å². The van der Waals surface area contributed by atoms with Crippen molar-refractivity contribution in [2.24, 2.45) is 23.7 Å². The van der Waals surface area contributed by atoms with E-state index in [9.17, 15) is 19.2 Å². The van der Waals surface area contributed by atoms with Gasteiger partial charge in [-0.1, -0.05) is 23.8 Å². The molecule has 2 aliphatic rings. The quantitative estimate of drug-likeness (QED) is 0.101. The molecule has 10 nitrogen and oxygen atoms in total. The molecule has 5 aromatic rings. The van der Waals surface area contributed by atoms with Gasteiger partial charge in [0.25, 0.3) is 0 Å². The Morgan fingerprint density at radius 3 is 1.53 bits per heavy atom. The minimum absolute atomic E-state index is 0.279.